The van der Waals surface area contributed by atoms with Crippen LogP contribution in [0.4, 0.5) is 10.7 Å². The van der Waals surface area contributed by atoms with Gasteiger partial charge < -0.3 is 19.1 Å². The number of hydrogen-bond acceptors (Lipinski definition) is 7. The SMILES string of the molecule is Cc1nc(N2CCC3(CC2)C(=O)N(CC2CCCOC2)C(=O)N3CC(C)C)no1. The molecule has 9 nitrogen and oxygen atoms in total. The third-order valence-electron chi connectivity index (χ3n) is 6.26. The minimum Gasteiger partial charge on any atom is -0.381 e. The van der Waals surface area contributed by atoms with Gasteiger partial charge in [-0.25, -0.2) is 4.79 Å². The molecule has 3 aliphatic rings. The van der Waals surface area contributed by atoms with Crippen LogP contribution in [0.15, 0.2) is 4.52 Å². The molecule has 0 aliphatic carbocycles. The minimum atomic E-state index is -0.758. The maximum absolute atomic E-state index is 13.6. The molecule has 9 heteroatoms. The molecule has 0 bridgehead atoms. The molecular formula is C20H31N5O4. The Balaban J connectivity index is 1.53. The van der Waals surface area contributed by atoms with E-state index in [1.165, 1.54) is 4.90 Å². The number of carbonyl (C=O) groups is 2. The zero-order valence-corrected chi connectivity index (χ0v) is 17.6. The number of aromatic nitrogens is 2. The summed E-state index contributed by atoms with van der Waals surface area (Å²) in [5, 5.41) is 4.00. The molecule has 4 heterocycles. The molecule has 160 valence electrons. The van der Waals surface area contributed by atoms with Gasteiger partial charge >= 0.3 is 6.03 Å². The van der Waals surface area contributed by atoms with Crippen molar-refractivity contribution in [1.29, 1.82) is 0 Å². The van der Waals surface area contributed by atoms with Crippen LogP contribution in [0.1, 0.15) is 45.4 Å². The number of aryl methyl sites for hydroxylation is 1. The Bertz CT molecular complexity index is 750. The van der Waals surface area contributed by atoms with Gasteiger partial charge in [-0.05, 0) is 36.8 Å². The van der Waals surface area contributed by atoms with E-state index < -0.39 is 5.54 Å². The quantitative estimate of drug-likeness (QED) is 0.693. The largest absolute Gasteiger partial charge is 0.381 e. The third-order valence-corrected chi connectivity index (χ3v) is 6.26. The smallest absolute Gasteiger partial charge is 0.327 e. The fourth-order valence-corrected chi connectivity index (χ4v) is 4.75. The maximum atomic E-state index is 13.6. The van der Waals surface area contributed by atoms with Crippen LogP contribution in [-0.2, 0) is 9.53 Å². The van der Waals surface area contributed by atoms with E-state index in [9.17, 15) is 9.59 Å². The first-order chi connectivity index (χ1) is 13.9. The molecule has 0 N–H and O–H groups in total. The second-order valence-electron chi connectivity index (χ2n) is 8.92. The van der Waals surface area contributed by atoms with E-state index in [0.717, 1.165) is 19.4 Å². The van der Waals surface area contributed by atoms with Gasteiger partial charge in [0.25, 0.3) is 11.9 Å². The summed E-state index contributed by atoms with van der Waals surface area (Å²) in [6, 6.07) is -0.141. The molecule has 3 saturated heterocycles. The van der Waals surface area contributed by atoms with Crippen LogP contribution in [-0.4, -0.2) is 76.8 Å². The highest BCUT2D eigenvalue weighted by molar-refractivity contribution is 6.07. The van der Waals surface area contributed by atoms with Crippen LogP contribution in [0.25, 0.3) is 0 Å². The molecule has 3 amide bonds. The predicted octanol–water partition coefficient (Wildman–Crippen LogP) is 2.06. The molecule has 1 atom stereocenters. The van der Waals surface area contributed by atoms with Crippen LogP contribution >= 0.6 is 0 Å². The second-order valence-corrected chi connectivity index (χ2v) is 8.92. The molecule has 3 aliphatic heterocycles. The van der Waals surface area contributed by atoms with E-state index in [1.807, 2.05) is 9.80 Å². The van der Waals surface area contributed by atoms with Crippen molar-refractivity contribution in [2.45, 2.75) is 52.0 Å². The molecule has 0 saturated carbocycles. The standard InChI is InChI=1S/C20H31N5O4/c1-14(2)11-25-19(27)24(12-16-5-4-10-28-13-16)17(26)20(25)6-8-23(9-7-20)18-21-15(3)29-22-18/h14,16H,4-13H2,1-3H3. The molecular weight excluding hydrogens is 374 g/mol. The number of anilines is 1. The second kappa shape index (κ2) is 7.93. The average Bonchev–Trinajstić information content (AvgIpc) is 3.22. The highest BCUT2D eigenvalue weighted by Gasteiger charge is 2.58. The Labute approximate surface area is 171 Å². The molecule has 4 rings (SSSR count). The maximum Gasteiger partial charge on any atom is 0.327 e. The predicted molar refractivity (Wildman–Crippen MR) is 105 cm³/mol. The monoisotopic (exact) mass is 405 g/mol. The fraction of sp³-hybridized carbons (Fsp3) is 0.800. The normalized spacial score (nSPS) is 25.0. The molecule has 1 spiro atoms. The van der Waals surface area contributed by atoms with E-state index in [2.05, 4.69) is 24.0 Å². The Morgan fingerprint density at radius 1 is 1.24 bits per heavy atom. The van der Waals surface area contributed by atoms with Gasteiger partial charge in [0.15, 0.2) is 0 Å². The molecule has 0 radical (unpaired) electrons. The number of ether oxygens (including phenoxy) is 1. The molecule has 29 heavy (non-hydrogen) atoms. The van der Waals surface area contributed by atoms with Crippen molar-refractivity contribution in [3.05, 3.63) is 5.89 Å². The van der Waals surface area contributed by atoms with Crippen LogP contribution in [0.5, 0.6) is 0 Å². The van der Waals surface area contributed by atoms with Crippen molar-refractivity contribution in [1.82, 2.24) is 19.9 Å². The van der Waals surface area contributed by atoms with Crippen LogP contribution in [0, 0.1) is 18.8 Å². The number of piperidine rings is 1. The fourth-order valence-electron chi connectivity index (χ4n) is 4.75. The summed E-state index contributed by atoms with van der Waals surface area (Å²) in [7, 11) is 0. The molecule has 3 fully saturated rings. The Hall–Kier alpha value is -2.16. The Morgan fingerprint density at radius 2 is 2.00 bits per heavy atom. The van der Waals surface area contributed by atoms with E-state index in [-0.39, 0.29) is 17.9 Å². The number of imide groups is 1. The number of hydrogen-bond donors (Lipinski definition) is 0. The molecule has 1 aromatic rings. The van der Waals surface area contributed by atoms with E-state index in [4.69, 9.17) is 9.26 Å². The number of carbonyl (C=O) groups excluding carboxylic acids is 2. The van der Waals surface area contributed by atoms with Crippen molar-refractivity contribution >= 4 is 17.9 Å². The summed E-state index contributed by atoms with van der Waals surface area (Å²) < 4.78 is 10.7. The lowest BCUT2D eigenvalue weighted by Gasteiger charge is -2.42. The summed E-state index contributed by atoms with van der Waals surface area (Å²) >= 11 is 0. The first kappa shape index (κ1) is 20.1. The van der Waals surface area contributed by atoms with Crippen molar-refractivity contribution < 1.29 is 18.8 Å². The van der Waals surface area contributed by atoms with E-state index >= 15 is 0 Å². The summed E-state index contributed by atoms with van der Waals surface area (Å²) in [4.78, 5) is 36.5. The van der Waals surface area contributed by atoms with Crippen molar-refractivity contribution in [2.75, 3.05) is 44.3 Å². The summed E-state index contributed by atoms with van der Waals surface area (Å²) in [6.45, 7) is 9.61. The minimum absolute atomic E-state index is 0.0438. The zero-order valence-electron chi connectivity index (χ0n) is 17.6. The van der Waals surface area contributed by atoms with E-state index in [1.54, 1.807) is 6.92 Å². The van der Waals surface area contributed by atoms with Crippen molar-refractivity contribution in [3.8, 4) is 0 Å². The third kappa shape index (κ3) is 3.72. The Morgan fingerprint density at radius 3 is 2.59 bits per heavy atom. The summed E-state index contributed by atoms with van der Waals surface area (Å²) in [5.74, 6) is 1.56. The summed E-state index contributed by atoms with van der Waals surface area (Å²) in [5.41, 5.74) is -0.758. The van der Waals surface area contributed by atoms with Crippen molar-refractivity contribution in [3.63, 3.8) is 0 Å². The summed E-state index contributed by atoms with van der Waals surface area (Å²) in [6.07, 6.45) is 3.14. The van der Waals surface area contributed by atoms with Gasteiger partial charge in [0.05, 0.1) is 6.61 Å². The highest BCUT2D eigenvalue weighted by Crippen LogP contribution is 2.39. The first-order valence-corrected chi connectivity index (χ1v) is 10.7. The van der Waals surface area contributed by atoms with Gasteiger partial charge in [0.1, 0.15) is 5.54 Å². The highest BCUT2D eigenvalue weighted by atomic mass is 16.5. The first-order valence-electron chi connectivity index (χ1n) is 10.7. The zero-order chi connectivity index (χ0) is 20.6. The lowest BCUT2D eigenvalue weighted by Crippen LogP contribution is -2.57. The van der Waals surface area contributed by atoms with Crippen LogP contribution < -0.4 is 4.90 Å². The van der Waals surface area contributed by atoms with Gasteiger partial charge in [-0.15, -0.1) is 0 Å². The molecule has 1 aromatic heterocycles. The molecule has 1 unspecified atom stereocenters. The Kier molecular flexibility index (Phi) is 5.50. The van der Waals surface area contributed by atoms with Gasteiger partial charge in [-0.2, -0.15) is 4.98 Å². The van der Waals surface area contributed by atoms with Gasteiger partial charge in [-0.3, -0.25) is 9.69 Å². The molecule has 0 aromatic carbocycles. The van der Waals surface area contributed by atoms with Gasteiger partial charge in [0.2, 0.25) is 5.89 Å². The van der Waals surface area contributed by atoms with Crippen molar-refractivity contribution in [2.24, 2.45) is 11.8 Å². The van der Waals surface area contributed by atoms with Gasteiger partial charge in [-0.1, -0.05) is 13.8 Å². The van der Waals surface area contributed by atoms with Crippen LogP contribution in [0.2, 0.25) is 0 Å². The number of rotatable bonds is 5. The van der Waals surface area contributed by atoms with Gasteiger partial charge in [0, 0.05) is 45.6 Å². The van der Waals surface area contributed by atoms with E-state index in [0.29, 0.717) is 63.4 Å². The number of nitrogens with zero attached hydrogens (tertiary/aromatic N) is 5. The van der Waals surface area contributed by atoms with Crippen LogP contribution in [0.3, 0.4) is 0 Å². The topological polar surface area (TPSA) is 92.0 Å². The lowest BCUT2D eigenvalue weighted by molar-refractivity contribution is -0.135. The lowest BCUT2D eigenvalue weighted by atomic mass is 9.85. The number of amides is 3. The average molecular weight is 405 g/mol. The number of urea groups is 1.